The highest BCUT2D eigenvalue weighted by molar-refractivity contribution is 5.95. The number of hydrogen-bond acceptors (Lipinski definition) is 4. The van der Waals surface area contributed by atoms with E-state index in [0.29, 0.717) is 31.7 Å². The molecule has 0 atom stereocenters. The Kier molecular flexibility index (Phi) is 4.41. The van der Waals surface area contributed by atoms with E-state index in [9.17, 15) is 14.0 Å². The average Bonchev–Trinajstić information content (AvgIpc) is 2.61. The summed E-state index contributed by atoms with van der Waals surface area (Å²) < 4.78 is 13.3. The average molecular weight is 329 g/mol. The number of carboxylic acids is 1. The second kappa shape index (κ2) is 6.66. The fourth-order valence-corrected chi connectivity index (χ4v) is 2.67. The molecule has 0 bridgehead atoms. The molecule has 1 amide bonds. The van der Waals surface area contributed by atoms with Crippen molar-refractivity contribution < 1.29 is 19.1 Å². The van der Waals surface area contributed by atoms with E-state index in [4.69, 9.17) is 5.11 Å². The van der Waals surface area contributed by atoms with Crippen LogP contribution in [-0.2, 0) is 0 Å². The first-order valence-corrected chi connectivity index (χ1v) is 7.54. The number of pyridine rings is 1. The van der Waals surface area contributed by atoms with Gasteiger partial charge in [-0.05, 0) is 30.3 Å². The quantitative estimate of drug-likeness (QED) is 0.931. The second-order valence-corrected chi connectivity index (χ2v) is 5.50. The van der Waals surface area contributed by atoms with Gasteiger partial charge in [-0.2, -0.15) is 0 Å². The van der Waals surface area contributed by atoms with Gasteiger partial charge >= 0.3 is 5.97 Å². The molecule has 7 heteroatoms. The van der Waals surface area contributed by atoms with Crippen molar-refractivity contribution in [3.8, 4) is 0 Å². The van der Waals surface area contributed by atoms with Crippen molar-refractivity contribution in [1.82, 2.24) is 9.88 Å². The van der Waals surface area contributed by atoms with E-state index in [-0.39, 0.29) is 17.4 Å². The molecule has 124 valence electrons. The molecule has 0 radical (unpaired) electrons. The predicted molar refractivity (Wildman–Crippen MR) is 85.7 cm³/mol. The van der Waals surface area contributed by atoms with Crippen LogP contribution in [0, 0.1) is 5.82 Å². The first kappa shape index (κ1) is 15.9. The van der Waals surface area contributed by atoms with Crippen molar-refractivity contribution in [1.29, 1.82) is 0 Å². The highest BCUT2D eigenvalue weighted by Crippen LogP contribution is 2.18. The van der Waals surface area contributed by atoms with E-state index in [1.807, 2.05) is 11.0 Å². The van der Waals surface area contributed by atoms with Gasteiger partial charge in [0.05, 0.1) is 5.56 Å². The topological polar surface area (TPSA) is 73.7 Å². The lowest BCUT2D eigenvalue weighted by molar-refractivity contribution is 0.0686. The lowest BCUT2D eigenvalue weighted by Crippen LogP contribution is -2.48. The van der Waals surface area contributed by atoms with Gasteiger partial charge in [-0.15, -0.1) is 0 Å². The van der Waals surface area contributed by atoms with Crippen molar-refractivity contribution in [3.05, 3.63) is 59.7 Å². The summed E-state index contributed by atoms with van der Waals surface area (Å²) in [6.07, 6.45) is 1.28. The van der Waals surface area contributed by atoms with Gasteiger partial charge in [-0.3, -0.25) is 4.79 Å². The largest absolute Gasteiger partial charge is 0.477 e. The molecular formula is C17H16FN3O3. The SMILES string of the molecule is O=C(O)c1ccc(C(=O)N2CCN(c3cccc(F)c3)CC2)cn1. The Morgan fingerprint density at radius 3 is 2.42 bits per heavy atom. The Bertz CT molecular complexity index is 756. The molecule has 1 saturated heterocycles. The molecule has 1 aliphatic rings. The van der Waals surface area contributed by atoms with E-state index in [1.54, 1.807) is 11.0 Å². The third kappa shape index (κ3) is 3.34. The van der Waals surface area contributed by atoms with E-state index in [0.717, 1.165) is 5.69 Å². The van der Waals surface area contributed by atoms with Crippen molar-refractivity contribution in [2.45, 2.75) is 0 Å². The number of rotatable bonds is 3. The minimum atomic E-state index is -1.13. The maximum atomic E-state index is 13.3. The normalized spacial score (nSPS) is 14.5. The first-order valence-electron chi connectivity index (χ1n) is 7.54. The van der Waals surface area contributed by atoms with Gasteiger partial charge in [0.25, 0.3) is 5.91 Å². The molecule has 0 aliphatic carbocycles. The monoisotopic (exact) mass is 329 g/mol. The lowest BCUT2D eigenvalue weighted by Gasteiger charge is -2.36. The maximum Gasteiger partial charge on any atom is 0.354 e. The smallest absolute Gasteiger partial charge is 0.354 e. The van der Waals surface area contributed by atoms with Crippen molar-refractivity contribution in [2.24, 2.45) is 0 Å². The summed E-state index contributed by atoms with van der Waals surface area (Å²) in [6.45, 7) is 2.23. The number of piperazine rings is 1. The van der Waals surface area contributed by atoms with Crippen LogP contribution in [0.1, 0.15) is 20.8 Å². The first-order chi connectivity index (χ1) is 11.5. The van der Waals surface area contributed by atoms with Crippen LogP contribution >= 0.6 is 0 Å². The van der Waals surface area contributed by atoms with Crippen LogP contribution in [0.2, 0.25) is 0 Å². The fourth-order valence-electron chi connectivity index (χ4n) is 2.67. The number of hydrogen-bond donors (Lipinski definition) is 1. The van der Waals surface area contributed by atoms with Gasteiger partial charge in [0, 0.05) is 38.1 Å². The summed E-state index contributed by atoms with van der Waals surface area (Å²) in [6, 6.07) is 9.17. The molecule has 24 heavy (non-hydrogen) atoms. The maximum absolute atomic E-state index is 13.3. The molecule has 1 N–H and O–H groups in total. The Morgan fingerprint density at radius 2 is 1.83 bits per heavy atom. The van der Waals surface area contributed by atoms with E-state index >= 15 is 0 Å². The van der Waals surface area contributed by atoms with Gasteiger partial charge in [-0.1, -0.05) is 6.07 Å². The van der Waals surface area contributed by atoms with Crippen LogP contribution in [-0.4, -0.2) is 53.0 Å². The lowest BCUT2D eigenvalue weighted by atomic mass is 10.2. The molecule has 0 unspecified atom stereocenters. The number of anilines is 1. The van der Waals surface area contributed by atoms with Crippen LogP contribution in [0.3, 0.4) is 0 Å². The van der Waals surface area contributed by atoms with Crippen LogP contribution in [0.25, 0.3) is 0 Å². The number of aromatic carboxylic acids is 1. The molecule has 1 fully saturated rings. The third-order valence-corrected chi connectivity index (χ3v) is 3.97. The summed E-state index contributed by atoms with van der Waals surface area (Å²) in [7, 11) is 0. The number of carbonyl (C=O) groups excluding carboxylic acids is 1. The molecular weight excluding hydrogens is 313 g/mol. The number of aromatic nitrogens is 1. The zero-order valence-corrected chi connectivity index (χ0v) is 12.9. The summed E-state index contributed by atoms with van der Waals surface area (Å²) in [4.78, 5) is 30.7. The molecule has 1 aromatic heterocycles. The third-order valence-electron chi connectivity index (χ3n) is 3.97. The van der Waals surface area contributed by atoms with Crippen LogP contribution in [0.4, 0.5) is 10.1 Å². The molecule has 0 saturated carbocycles. The summed E-state index contributed by atoms with van der Waals surface area (Å²) in [5.74, 6) is -1.59. The minimum absolute atomic E-state index is 0.0949. The van der Waals surface area contributed by atoms with Crippen LogP contribution in [0.5, 0.6) is 0 Å². The highest BCUT2D eigenvalue weighted by Gasteiger charge is 2.23. The van der Waals surface area contributed by atoms with Crippen molar-refractivity contribution in [2.75, 3.05) is 31.1 Å². The van der Waals surface area contributed by atoms with Gasteiger partial charge in [0.15, 0.2) is 0 Å². The van der Waals surface area contributed by atoms with Crippen LogP contribution in [0.15, 0.2) is 42.6 Å². The fraction of sp³-hybridized carbons (Fsp3) is 0.235. The summed E-state index contributed by atoms with van der Waals surface area (Å²) in [5, 5.41) is 8.83. The minimum Gasteiger partial charge on any atom is -0.477 e. The van der Waals surface area contributed by atoms with Gasteiger partial charge in [0.2, 0.25) is 0 Å². The van der Waals surface area contributed by atoms with Gasteiger partial charge in [-0.25, -0.2) is 14.2 Å². The molecule has 2 aromatic rings. The highest BCUT2D eigenvalue weighted by atomic mass is 19.1. The molecule has 6 nitrogen and oxygen atoms in total. The van der Waals surface area contributed by atoms with E-state index < -0.39 is 5.97 Å². The molecule has 2 heterocycles. The van der Waals surface area contributed by atoms with Gasteiger partial charge in [0.1, 0.15) is 11.5 Å². The predicted octanol–water partition coefficient (Wildman–Crippen LogP) is 1.88. The molecule has 0 spiro atoms. The molecule has 3 rings (SSSR count). The number of amides is 1. The summed E-state index contributed by atoms with van der Waals surface area (Å²) in [5.41, 5.74) is 1.07. The van der Waals surface area contributed by atoms with Gasteiger partial charge < -0.3 is 14.9 Å². The van der Waals surface area contributed by atoms with E-state index in [2.05, 4.69) is 4.98 Å². The molecule has 1 aliphatic heterocycles. The summed E-state index contributed by atoms with van der Waals surface area (Å²) >= 11 is 0. The Labute approximate surface area is 138 Å². The Balaban J connectivity index is 1.63. The zero-order chi connectivity index (χ0) is 17.1. The Hall–Kier alpha value is -2.96. The number of carbonyl (C=O) groups is 2. The van der Waals surface area contributed by atoms with Crippen LogP contribution < -0.4 is 4.90 Å². The zero-order valence-electron chi connectivity index (χ0n) is 12.9. The van der Waals surface area contributed by atoms with Crippen molar-refractivity contribution >= 4 is 17.6 Å². The standard InChI is InChI=1S/C17H16FN3O3/c18-13-2-1-3-14(10-13)20-6-8-21(9-7-20)16(22)12-4-5-15(17(23)24)19-11-12/h1-5,10-11H,6-9H2,(H,23,24). The van der Waals surface area contributed by atoms with E-state index in [1.165, 1.54) is 30.5 Å². The second-order valence-electron chi connectivity index (χ2n) is 5.50. The molecule has 1 aromatic carbocycles. The number of halogens is 1. The number of benzene rings is 1. The number of carboxylic acid groups (broad SMARTS) is 1. The number of nitrogens with zero attached hydrogens (tertiary/aromatic N) is 3. The Morgan fingerprint density at radius 1 is 1.08 bits per heavy atom. The van der Waals surface area contributed by atoms with Crippen molar-refractivity contribution in [3.63, 3.8) is 0 Å².